The molecule has 0 spiro atoms. The Labute approximate surface area is 96.9 Å². The number of hydrogen-bond donors (Lipinski definition) is 3. The summed E-state index contributed by atoms with van der Waals surface area (Å²) in [6, 6.07) is 8.25. The fourth-order valence-electron chi connectivity index (χ4n) is 2.04. The predicted molar refractivity (Wildman–Crippen MR) is 66.7 cm³/mol. The Bertz CT molecular complexity index is 328. The number of benzene rings is 1. The van der Waals surface area contributed by atoms with E-state index in [2.05, 4.69) is 41.8 Å². The molecule has 88 valence electrons. The molecule has 0 aromatic heterocycles. The van der Waals surface area contributed by atoms with Crippen LogP contribution in [-0.4, -0.2) is 30.3 Å². The van der Waals surface area contributed by atoms with Crippen LogP contribution in [0.5, 0.6) is 0 Å². The van der Waals surface area contributed by atoms with Crippen molar-refractivity contribution < 1.29 is 5.11 Å². The molecule has 3 nitrogen and oxygen atoms in total. The molecule has 1 fully saturated rings. The monoisotopic (exact) mass is 220 g/mol. The number of anilines is 1. The van der Waals surface area contributed by atoms with Crippen LogP contribution in [-0.2, 0) is 0 Å². The third-order valence-electron chi connectivity index (χ3n) is 3.12. The van der Waals surface area contributed by atoms with Crippen LogP contribution in [0.1, 0.15) is 18.4 Å². The largest absolute Gasteiger partial charge is 0.387 e. The van der Waals surface area contributed by atoms with Crippen molar-refractivity contribution in [3.05, 3.63) is 29.8 Å². The molecule has 16 heavy (non-hydrogen) atoms. The first-order chi connectivity index (χ1) is 7.68. The number of aryl methyl sites for hydroxylation is 1. The zero-order valence-corrected chi connectivity index (χ0v) is 9.79. The molecule has 0 saturated carbocycles. The average Bonchev–Trinajstić information content (AvgIpc) is 2.29. The molecule has 1 unspecified atom stereocenters. The van der Waals surface area contributed by atoms with Gasteiger partial charge < -0.3 is 15.7 Å². The van der Waals surface area contributed by atoms with Crippen LogP contribution in [0.3, 0.4) is 0 Å². The highest BCUT2D eigenvalue weighted by Gasteiger charge is 2.28. The third kappa shape index (κ3) is 2.97. The molecule has 1 aromatic rings. The highest BCUT2D eigenvalue weighted by atomic mass is 16.3. The molecule has 0 aliphatic carbocycles. The van der Waals surface area contributed by atoms with Crippen molar-refractivity contribution in [2.24, 2.45) is 0 Å². The number of nitrogens with one attached hydrogen (secondary N) is 2. The van der Waals surface area contributed by atoms with Crippen LogP contribution in [0, 0.1) is 6.92 Å². The lowest BCUT2D eigenvalue weighted by Gasteiger charge is -2.33. The number of rotatable bonds is 3. The maximum Gasteiger partial charge on any atom is 0.0943 e. The van der Waals surface area contributed by atoms with E-state index in [4.69, 9.17) is 0 Å². The first-order valence-electron chi connectivity index (χ1n) is 5.92. The molecule has 2 rings (SSSR count). The first kappa shape index (κ1) is 11.4. The van der Waals surface area contributed by atoms with E-state index >= 15 is 0 Å². The van der Waals surface area contributed by atoms with Crippen molar-refractivity contribution in [2.75, 3.05) is 25.0 Å². The van der Waals surface area contributed by atoms with Crippen molar-refractivity contribution >= 4 is 5.69 Å². The molecule has 1 saturated heterocycles. The predicted octanol–water partition coefficient (Wildman–Crippen LogP) is 1.52. The molecule has 0 bridgehead atoms. The van der Waals surface area contributed by atoms with E-state index in [0.29, 0.717) is 13.1 Å². The van der Waals surface area contributed by atoms with Gasteiger partial charge in [0.2, 0.25) is 0 Å². The summed E-state index contributed by atoms with van der Waals surface area (Å²) in [7, 11) is 0. The molecule has 0 radical (unpaired) electrons. The summed E-state index contributed by atoms with van der Waals surface area (Å²) in [6.45, 7) is 4.39. The van der Waals surface area contributed by atoms with Crippen LogP contribution in [0.2, 0.25) is 0 Å². The Morgan fingerprint density at radius 1 is 1.38 bits per heavy atom. The topological polar surface area (TPSA) is 44.3 Å². The van der Waals surface area contributed by atoms with Crippen molar-refractivity contribution in [1.29, 1.82) is 0 Å². The number of aliphatic hydroxyl groups is 1. The van der Waals surface area contributed by atoms with Crippen LogP contribution >= 0.6 is 0 Å². The SMILES string of the molecule is Cc1ccc(NCC2(O)CCCNC2)cc1. The summed E-state index contributed by atoms with van der Waals surface area (Å²) in [6.07, 6.45) is 1.92. The summed E-state index contributed by atoms with van der Waals surface area (Å²) in [5, 5.41) is 16.8. The maximum absolute atomic E-state index is 10.3. The number of hydrogen-bond acceptors (Lipinski definition) is 3. The van der Waals surface area contributed by atoms with Crippen LogP contribution in [0.25, 0.3) is 0 Å². The van der Waals surface area contributed by atoms with Gasteiger partial charge in [0.25, 0.3) is 0 Å². The lowest BCUT2D eigenvalue weighted by atomic mass is 9.94. The molecule has 1 aromatic carbocycles. The van der Waals surface area contributed by atoms with E-state index in [1.807, 2.05) is 0 Å². The standard InChI is InChI=1S/C13H20N2O/c1-11-3-5-12(6-4-11)15-10-13(16)7-2-8-14-9-13/h3-6,14-16H,2,7-10H2,1H3. The summed E-state index contributed by atoms with van der Waals surface area (Å²) in [4.78, 5) is 0. The summed E-state index contributed by atoms with van der Waals surface area (Å²) < 4.78 is 0. The lowest BCUT2D eigenvalue weighted by molar-refractivity contribution is 0.0292. The van der Waals surface area contributed by atoms with E-state index in [0.717, 1.165) is 25.1 Å². The third-order valence-corrected chi connectivity index (χ3v) is 3.12. The van der Waals surface area contributed by atoms with Gasteiger partial charge in [0.15, 0.2) is 0 Å². The van der Waals surface area contributed by atoms with Gasteiger partial charge in [0.05, 0.1) is 5.60 Å². The minimum absolute atomic E-state index is 0.594. The van der Waals surface area contributed by atoms with Crippen LogP contribution < -0.4 is 10.6 Å². The summed E-state index contributed by atoms with van der Waals surface area (Å²) in [5.41, 5.74) is 1.73. The van der Waals surface area contributed by atoms with Gasteiger partial charge >= 0.3 is 0 Å². The normalized spacial score (nSPS) is 25.4. The second-order valence-electron chi connectivity index (χ2n) is 4.72. The summed E-state index contributed by atoms with van der Waals surface area (Å²) >= 11 is 0. The van der Waals surface area contributed by atoms with Crippen molar-refractivity contribution in [3.63, 3.8) is 0 Å². The Balaban J connectivity index is 1.88. The minimum Gasteiger partial charge on any atom is -0.387 e. The minimum atomic E-state index is -0.594. The average molecular weight is 220 g/mol. The molecule has 1 heterocycles. The van der Waals surface area contributed by atoms with Crippen molar-refractivity contribution in [3.8, 4) is 0 Å². The highest BCUT2D eigenvalue weighted by molar-refractivity contribution is 5.44. The van der Waals surface area contributed by atoms with E-state index in [9.17, 15) is 5.11 Å². The number of piperidine rings is 1. The molecule has 0 amide bonds. The molecule has 1 aliphatic heterocycles. The maximum atomic E-state index is 10.3. The molecule has 1 aliphatic rings. The fourth-order valence-corrected chi connectivity index (χ4v) is 2.04. The van der Waals surface area contributed by atoms with Gasteiger partial charge in [-0.1, -0.05) is 17.7 Å². The Hall–Kier alpha value is -1.06. The van der Waals surface area contributed by atoms with E-state index in [-0.39, 0.29) is 0 Å². The Morgan fingerprint density at radius 3 is 2.75 bits per heavy atom. The van der Waals surface area contributed by atoms with Crippen molar-refractivity contribution in [1.82, 2.24) is 5.32 Å². The smallest absolute Gasteiger partial charge is 0.0943 e. The zero-order valence-electron chi connectivity index (χ0n) is 9.79. The van der Waals surface area contributed by atoms with E-state index in [1.54, 1.807) is 0 Å². The molecule has 3 N–H and O–H groups in total. The van der Waals surface area contributed by atoms with Crippen LogP contribution in [0.4, 0.5) is 5.69 Å². The van der Waals surface area contributed by atoms with E-state index in [1.165, 1.54) is 5.56 Å². The van der Waals surface area contributed by atoms with Gasteiger partial charge in [-0.25, -0.2) is 0 Å². The van der Waals surface area contributed by atoms with Gasteiger partial charge in [-0.3, -0.25) is 0 Å². The van der Waals surface area contributed by atoms with Crippen molar-refractivity contribution in [2.45, 2.75) is 25.4 Å². The summed E-state index contributed by atoms with van der Waals surface area (Å²) in [5.74, 6) is 0. The van der Waals surface area contributed by atoms with Gasteiger partial charge in [0, 0.05) is 18.8 Å². The second kappa shape index (κ2) is 4.85. The van der Waals surface area contributed by atoms with Gasteiger partial charge in [-0.05, 0) is 38.4 Å². The highest BCUT2D eigenvalue weighted by Crippen LogP contribution is 2.17. The quantitative estimate of drug-likeness (QED) is 0.723. The van der Waals surface area contributed by atoms with Gasteiger partial charge in [-0.2, -0.15) is 0 Å². The Morgan fingerprint density at radius 2 is 2.12 bits per heavy atom. The van der Waals surface area contributed by atoms with E-state index < -0.39 is 5.60 Å². The molecule has 1 atom stereocenters. The number of β-amino-alcohol motifs (C(OH)–C–C–N with tert-alkyl or cyclic N) is 1. The zero-order chi connectivity index (χ0) is 11.4. The lowest BCUT2D eigenvalue weighted by Crippen LogP contribution is -2.50. The van der Waals surface area contributed by atoms with Gasteiger partial charge in [0.1, 0.15) is 0 Å². The first-order valence-corrected chi connectivity index (χ1v) is 5.92. The van der Waals surface area contributed by atoms with Crippen LogP contribution in [0.15, 0.2) is 24.3 Å². The Kier molecular flexibility index (Phi) is 3.46. The molecular formula is C13H20N2O. The molecule has 3 heteroatoms. The molecular weight excluding hydrogens is 200 g/mol. The fraction of sp³-hybridized carbons (Fsp3) is 0.538. The van der Waals surface area contributed by atoms with Gasteiger partial charge in [-0.15, -0.1) is 0 Å². The second-order valence-corrected chi connectivity index (χ2v) is 4.72.